The van der Waals surface area contributed by atoms with Gasteiger partial charge < -0.3 is 15.1 Å². The molecule has 1 unspecified atom stereocenters. The first kappa shape index (κ1) is 16.5. The number of nitrogens with one attached hydrogen (secondary N) is 1. The summed E-state index contributed by atoms with van der Waals surface area (Å²) in [6.07, 6.45) is 5.65. The number of aromatic nitrogens is 2. The first-order chi connectivity index (χ1) is 12.8. The van der Waals surface area contributed by atoms with Gasteiger partial charge in [-0.1, -0.05) is 12.1 Å². The van der Waals surface area contributed by atoms with E-state index in [1.165, 1.54) is 11.1 Å². The molecule has 0 radical (unpaired) electrons. The summed E-state index contributed by atoms with van der Waals surface area (Å²) in [7, 11) is 1.97. The maximum absolute atomic E-state index is 4.67. The summed E-state index contributed by atoms with van der Waals surface area (Å²) < 4.78 is 0. The van der Waals surface area contributed by atoms with E-state index in [1.807, 2.05) is 31.7 Å². The lowest BCUT2D eigenvalue weighted by Gasteiger charge is -2.32. The Morgan fingerprint density at radius 2 is 1.77 bits per heavy atom. The highest BCUT2D eigenvalue weighted by molar-refractivity contribution is 5.81. The van der Waals surface area contributed by atoms with Gasteiger partial charge in [0, 0.05) is 37.4 Å². The Morgan fingerprint density at radius 1 is 1.00 bits per heavy atom. The SMILES string of the molecule is CCN1c2ncccc2N(c2ccc(CNC)cc2)C1c1ccncc1. The van der Waals surface area contributed by atoms with Crippen molar-refractivity contribution in [3.8, 4) is 0 Å². The van der Waals surface area contributed by atoms with Crippen molar-refractivity contribution in [2.45, 2.75) is 19.6 Å². The minimum absolute atomic E-state index is 0.0723. The van der Waals surface area contributed by atoms with Crippen LogP contribution < -0.4 is 15.1 Å². The van der Waals surface area contributed by atoms with Crippen LogP contribution in [0, 0.1) is 0 Å². The summed E-state index contributed by atoms with van der Waals surface area (Å²) in [5.41, 5.74) is 4.78. The summed E-state index contributed by atoms with van der Waals surface area (Å²) in [5, 5.41) is 3.20. The van der Waals surface area contributed by atoms with Crippen molar-refractivity contribution in [2.24, 2.45) is 0 Å². The number of anilines is 3. The van der Waals surface area contributed by atoms with Crippen molar-refractivity contribution in [2.75, 3.05) is 23.4 Å². The maximum Gasteiger partial charge on any atom is 0.154 e. The van der Waals surface area contributed by atoms with E-state index in [0.29, 0.717) is 0 Å². The van der Waals surface area contributed by atoms with Crippen LogP contribution in [-0.4, -0.2) is 23.6 Å². The molecule has 26 heavy (non-hydrogen) atoms. The minimum atomic E-state index is 0.0723. The summed E-state index contributed by atoms with van der Waals surface area (Å²) in [6.45, 7) is 3.92. The Kier molecular flexibility index (Phi) is 4.54. The predicted molar refractivity (Wildman–Crippen MR) is 106 cm³/mol. The Hall–Kier alpha value is -2.92. The van der Waals surface area contributed by atoms with Crippen LogP contribution in [0.3, 0.4) is 0 Å². The lowest BCUT2D eigenvalue weighted by atomic mass is 10.1. The molecule has 2 aromatic heterocycles. The van der Waals surface area contributed by atoms with Crippen LogP contribution in [0.5, 0.6) is 0 Å². The number of pyridine rings is 2. The van der Waals surface area contributed by atoms with Crippen molar-refractivity contribution in [3.05, 3.63) is 78.2 Å². The molecular weight excluding hydrogens is 322 g/mol. The predicted octanol–water partition coefficient (Wildman–Crippen LogP) is 3.87. The Morgan fingerprint density at radius 3 is 2.46 bits per heavy atom. The van der Waals surface area contributed by atoms with Crippen LogP contribution in [-0.2, 0) is 6.54 Å². The van der Waals surface area contributed by atoms with Gasteiger partial charge in [0.2, 0.25) is 0 Å². The van der Waals surface area contributed by atoms with Gasteiger partial charge in [-0.15, -0.1) is 0 Å². The number of nitrogens with zero attached hydrogens (tertiary/aromatic N) is 4. The van der Waals surface area contributed by atoms with Gasteiger partial charge in [0.25, 0.3) is 0 Å². The summed E-state index contributed by atoms with van der Waals surface area (Å²) in [5.74, 6) is 1.02. The fraction of sp³-hybridized carbons (Fsp3) is 0.238. The number of hydrogen-bond donors (Lipinski definition) is 1. The van der Waals surface area contributed by atoms with Gasteiger partial charge in [0.1, 0.15) is 6.17 Å². The lowest BCUT2D eigenvalue weighted by Crippen LogP contribution is -2.33. The molecule has 0 bridgehead atoms. The highest BCUT2D eigenvalue weighted by Gasteiger charge is 2.37. The molecule has 0 aliphatic carbocycles. The van der Waals surface area contributed by atoms with Gasteiger partial charge in [-0.3, -0.25) is 4.98 Å². The zero-order valence-electron chi connectivity index (χ0n) is 15.1. The van der Waals surface area contributed by atoms with Crippen molar-refractivity contribution in [1.29, 1.82) is 0 Å². The first-order valence-electron chi connectivity index (χ1n) is 8.98. The average Bonchev–Trinajstić information content (AvgIpc) is 3.04. The van der Waals surface area contributed by atoms with E-state index in [2.05, 4.69) is 74.5 Å². The van der Waals surface area contributed by atoms with Crippen LogP contribution in [0.2, 0.25) is 0 Å². The Bertz CT molecular complexity index is 863. The standard InChI is InChI=1S/C21H23N5/c1-3-25-20-19(5-4-12-24-20)26(21(25)17-10-13-23-14-11-17)18-8-6-16(7-9-18)15-22-2/h4-14,21-22H,3,15H2,1-2H3. The number of hydrogen-bond acceptors (Lipinski definition) is 5. The molecule has 1 aliphatic rings. The summed E-state index contributed by atoms with van der Waals surface area (Å²) in [4.78, 5) is 13.6. The molecule has 0 fully saturated rings. The molecule has 4 rings (SSSR count). The molecule has 5 nitrogen and oxygen atoms in total. The number of rotatable bonds is 5. The number of benzene rings is 1. The normalized spacial score (nSPS) is 16.0. The second-order valence-corrected chi connectivity index (χ2v) is 6.35. The molecule has 1 aromatic carbocycles. The quantitative estimate of drug-likeness (QED) is 0.760. The van der Waals surface area contributed by atoms with Crippen molar-refractivity contribution >= 4 is 17.2 Å². The van der Waals surface area contributed by atoms with Gasteiger partial charge >= 0.3 is 0 Å². The molecular formula is C21H23N5. The first-order valence-corrected chi connectivity index (χ1v) is 8.98. The van der Waals surface area contributed by atoms with Crippen LogP contribution in [0.15, 0.2) is 67.1 Å². The largest absolute Gasteiger partial charge is 0.330 e. The highest BCUT2D eigenvalue weighted by Crippen LogP contribution is 2.48. The Balaban J connectivity index is 1.83. The minimum Gasteiger partial charge on any atom is -0.330 e. The molecule has 1 atom stereocenters. The fourth-order valence-corrected chi connectivity index (χ4v) is 3.63. The zero-order chi connectivity index (χ0) is 17.9. The van der Waals surface area contributed by atoms with E-state index in [0.717, 1.165) is 30.3 Å². The molecule has 132 valence electrons. The zero-order valence-corrected chi connectivity index (χ0v) is 15.1. The van der Waals surface area contributed by atoms with Crippen LogP contribution >= 0.6 is 0 Å². The van der Waals surface area contributed by atoms with E-state index in [-0.39, 0.29) is 6.17 Å². The molecule has 1 N–H and O–H groups in total. The van der Waals surface area contributed by atoms with Gasteiger partial charge in [0.15, 0.2) is 5.82 Å². The lowest BCUT2D eigenvalue weighted by molar-refractivity contribution is 0.672. The van der Waals surface area contributed by atoms with Crippen molar-refractivity contribution < 1.29 is 0 Å². The molecule has 0 saturated carbocycles. The molecule has 0 spiro atoms. The highest BCUT2D eigenvalue weighted by atomic mass is 15.4. The smallest absolute Gasteiger partial charge is 0.154 e. The molecule has 3 aromatic rings. The van der Waals surface area contributed by atoms with E-state index in [9.17, 15) is 0 Å². The van der Waals surface area contributed by atoms with Crippen LogP contribution in [0.1, 0.15) is 24.2 Å². The Labute approximate surface area is 154 Å². The number of fused-ring (bicyclic) bond motifs is 1. The third-order valence-electron chi connectivity index (χ3n) is 4.78. The third-order valence-corrected chi connectivity index (χ3v) is 4.78. The van der Waals surface area contributed by atoms with Gasteiger partial charge in [0.05, 0.1) is 5.69 Å². The second-order valence-electron chi connectivity index (χ2n) is 6.35. The topological polar surface area (TPSA) is 44.3 Å². The fourth-order valence-electron chi connectivity index (χ4n) is 3.63. The van der Waals surface area contributed by atoms with Crippen molar-refractivity contribution in [1.82, 2.24) is 15.3 Å². The third kappa shape index (κ3) is 2.80. The summed E-state index contributed by atoms with van der Waals surface area (Å²) >= 11 is 0. The van der Waals surface area contributed by atoms with Crippen molar-refractivity contribution in [3.63, 3.8) is 0 Å². The van der Waals surface area contributed by atoms with E-state index in [1.54, 1.807) is 0 Å². The van der Waals surface area contributed by atoms with E-state index < -0.39 is 0 Å². The molecule has 1 aliphatic heterocycles. The van der Waals surface area contributed by atoms with E-state index >= 15 is 0 Å². The maximum atomic E-state index is 4.67. The van der Waals surface area contributed by atoms with Crippen LogP contribution in [0.4, 0.5) is 17.2 Å². The van der Waals surface area contributed by atoms with Crippen LogP contribution in [0.25, 0.3) is 0 Å². The molecule has 0 saturated heterocycles. The summed E-state index contributed by atoms with van der Waals surface area (Å²) in [6, 6.07) is 17.1. The van der Waals surface area contributed by atoms with Gasteiger partial charge in [-0.05, 0) is 61.5 Å². The average molecular weight is 345 g/mol. The second kappa shape index (κ2) is 7.14. The molecule has 3 heterocycles. The van der Waals surface area contributed by atoms with Gasteiger partial charge in [-0.25, -0.2) is 4.98 Å². The monoisotopic (exact) mass is 345 g/mol. The molecule has 5 heteroatoms. The van der Waals surface area contributed by atoms with Gasteiger partial charge in [-0.2, -0.15) is 0 Å². The van der Waals surface area contributed by atoms with E-state index in [4.69, 9.17) is 0 Å². The molecule has 0 amide bonds.